The van der Waals surface area contributed by atoms with Crippen LogP contribution in [-0.4, -0.2) is 10.8 Å². The molecule has 0 amide bonds. The Morgan fingerprint density at radius 3 is 0.971 bits per heavy atom. The first-order valence-corrected chi connectivity index (χ1v) is 14.2. The van der Waals surface area contributed by atoms with Crippen LogP contribution in [0.15, 0.2) is 36.8 Å². The van der Waals surface area contributed by atoms with Crippen molar-refractivity contribution in [2.24, 2.45) is 0 Å². The van der Waals surface area contributed by atoms with Crippen LogP contribution in [-0.2, 0) is 16.2 Å². The summed E-state index contributed by atoms with van der Waals surface area (Å²) in [5.41, 5.74) is 2.73. The van der Waals surface area contributed by atoms with E-state index in [2.05, 4.69) is 111 Å². The number of hydrogen-bond donors (Lipinski definition) is 0. The van der Waals surface area contributed by atoms with Crippen molar-refractivity contribution < 1.29 is 13.6 Å². The minimum absolute atomic E-state index is 0.131. The van der Waals surface area contributed by atoms with Crippen molar-refractivity contribution >= 4 is 57.0 Å². The molecule has 0 bridgehead atoms. The molecule has 3 rings (SSSR count). The van der Waals surface area contributed by atoms with E-state index in [0.717, 1.165) is 16.7 Å². The normalized spacial score (nSPS) is 13.0. The second-order valence-corrected chi connectivity index (χ2v) is 14.6. The van der Waals surface area contributed by atoms with Gasteiger partial charge in [0.1, 0.15) is 0 Å². The summed E-state index contributed by atoms with van der Waals surface area (Å²) in [4.78, 5) is 0. The highest BCUT2D eigenvalue weighted by molar-refractivity contribution is 9.08. The fourth-order valence-electron chi connectivity index (χ4n) is 3.43. The van der Waals surface area contributed by atoms with Gasteiger partial charge in [0.25, 0.3) is 0 Å². The Kier molecular flexibility index (Phi) is 8.04. The van der Waals surface area contributed by atoms with Crippen molar-refractivity contribution in [2.45, 2.75) is 78.6 Å². The largest absolute Gasteiger partial charge is 0.534 e. The van der Waals surface area contributed by atoms with Crippen molar-refractivity contribution in [3.05, 3.63) is 53.5 Å². The number of hydrogen-bond acceptors (Lipinski definition) is 3. The summed E-state index contributed by atoms with van der Waals surface area (Å²) in [5, 5.41) is 0. The van der Waals surface area contributed by atoms with Gasteiger partial charge in [-0.15, -0.1) is 0 Å². The van der Waals surface area contributed by atoms with Crippen LogP contribution < -0.4 is 13.6 Å². The molecular formula is C24H33Br3N3O3P. The number of halogens is 3. The quantitative estimate of drug-likeness (QED) is 0.244. The van der Waals surface area contributed by atoms with E-state index in [9.17, 15) is 0 Å². The summed E-state index contributed by atoms with van der Waals surface area (Å²) in [7, 11) is -1.90. The van der Waals surface area contributed by atoms with E-state index in [-0.39, 0.29) is 16.2 Å². The zero-order chi connectivity index (χ0) is 25.6. The minimum Gasteiger partial charge on any atom is -0.391 e. The lowest BCUT2D eigenvalue weighted by Crippen LogP contribution is -2.16. The van der Waals surface area contributed by atoms with Gasteiger partial charge in [-0.3, -0.25) is 10.8 Å². The van der Waals surface area contributed by atoms with Crippen LogP contribution in [0.2, 0.25) is 0 Å². The summed E-state index contributed by atoms with van der Waals surface area (Å²) in [6.45, 7) is 19.3. The maximum absolute atomic E-state index is 6.50. The molecule has 0 radical (unpaired) electrons. The molecule has 0 saturated heterocycles. The molecule has 3 heterocycles. The Bertz CT molecular complexity index is 1000. The van der Waals surface area contributed by atoms with Crippen molar-refractivity contribution in [3.8, 4) is 17.6 Å². The molecule has 0 unspecified atom stereocenters. The maximum Gasteiger partial charge on any atom is 0.534 e. The maximum atomic E-state index is 6.50. The summed E-state index contributed by atoms with van der Waals surface area (Å²) in [6.07, 6.45) is 5.76. The third kappa shape index (κ3) is 6.08. The highest BCUT2D eigenvalue weighted by atomic mass is 79.9. The lowest BCUT2D eigenvalue weighted by molar-refractivity contribution is 0.356. The first-order valence-electron chi connectivity index (χ1n) is 11.0. The van der Waals surface area contributed by atoms with Gasteiger partial charge in [-0.25, -0.2) is 0 Å². The van der Waals surface area contributed by atoms with Gasteiger partial charge in [0.2, 0.25) is 17.6 Å². The van der Waals surface area contributed by atoms with Crippen molar-refractivity contribution in [1.82, 2.24) is 10.8 Å². The molecule has 10 heteroatoms. The molecule has 188 valence electrons. The highest BCUT2D eigenvalue weighted by Gasteiger charge is 2.34. The van der Waals surface area contributed by atoms with Gasteiger partial charge in [0, 0.05) is 35.3 Å². The van der Waals surface area contributed by atoms with E-state index in [4.69, 9.17) is 13.6 Å². The van der Waals surface area contributed by atoms with Crippen LogP contribution >= 0.6 is 57.0 Å². The van der Waals surface area contributed by atoms with Gasteiger partial charge in [-0.1, -0.05) is 62.3 Å². The summed E-state index contributed by atoms with van der Waals surface area (Å²) in [5.74, 6) is 1.94. The number of aromatic nitrogens is 3. The van der Waals surface area contributed by atoms with Gasteiger partial charge in [0.15, 0.2) is 0 Å². The molecular weight excluding hydrogens is 649 g/mol. The second-order valence-electron chi connectivity index (χ2n) is 11.3. The predicted molar refractivity (Wildman–Crippen MR) is 151 cm³/mol. The van der Waals surface area contributed by atoms with E-state index >= 15 is 0 Å². The smallest absolute Gasteiger partial charge is 0.391 e. The standard InChI is InChI=1S/C24H33Br3N3O3P/c1-22(2,3)16-10-13-28(25)19(16)31-34(32-20-17(23(4,5)6)11-14-29(20)26)33-21-18(24(7,8)9)12-15-30(21)27/h10-15H,1-9H3. The Morgan fingerprint density at radius 2 is 0.765 bits per heavy atom. The highest BCUT2D eigenvalue weighted by Crippen LogP contribution is 2.50. The van der Waals surface area contributed by atoms with Gasteiger partial charge in [0.05, 0.1) is 48.4 Å². The first kappa shape index (κ1) is 27.7. The topological polar surface area (TPSA) is 42.5 Å². The van der Waals surface area contributed by atoms with Gasteiger partial charge in [-0.2, -0.15) is 0 Å². The summed E-state index contributed by atoms with van der Waals surface area (Å²) >= 11 is 10.7. The van der Waals surface area contributed by atoms with Crippen LogP contribution in [0.5, 0.6) is 17.6 Å². The second kappa shape index (κ2) is 9.87. The average molecular weight is 682 g/mol. The lowest BCUT2D eigenvalue weighted by Gasteiger charge is -2.26. The molecule has 0 aliphatic rings. The Hall–Kier alpha value is -0.890. The fraction of sp³-hybridized carbons (Fsp3) is 0.500. The molecule has 0 saturated carbocycles. The monoisotopic (exact) mass is 679 g/mol. The Morgan fingerprint density at radius 1 is 0.529 bits per heavy atom. The van der Waals surface area contributed by atoms with E-state index in [1.807, 2.05) is 36.8 Å². The van der Waals surface area contributed by atoms with E-state index in [1.165, 1.54) is 0 Å². The van der Waals surface area contributed by atoms with Crippen LogP contribution in [0.4, 0.5) is 0 Å². The van der Waals surface area contributed by atoms with E-state index in [0.29, 0.717) is 17.6 Å². The first-order chi connectivity index (χ1) is 15.5. The average Bonchev–Trinajstić information content (AvgIpc) is 3.33. The minimum atomic E-state index is -1.90. The molecule has 3 aromatic heterocycles. The van der Waals surface area contributed by atoms with Gasteiger partial charge < -0.3 is 13.6 Å². The molecule has 6 nitrogen and oxygen atoms in total. The molecule has 34 heavy (non-hydrogen) atoms. The lowest BCUT2D eigenvalue weighted by atomic mass is 9.89. The Labute approximate surface area is 230 Å². The molecule has 3 aromatic rings. The summed E-state index contributed by atoms with van der Waals surface area (Å²) in [6, 6.07) is 6.12. The molecule has 0 aromatic carbocycles. The van der Waals surface area contributed by atoms with Crippen LogP contribution in [0.1, 0.15) is 79.0 Å². The molecule has 0 atom stereocenters. The Balaban J connectivity index is 2.08. The molecule has 0 spiro atoms. The third-order valence-corrected chi connectivity index (χ3v) is 7.94. The molecule has 0 fully saturated rings. The number of rotatable bonds is 6. The van der Waals surface area contributed by atoms with Crippen LogP contribution in [0.3, 0.4) is 0 Å². The predicted octanol–water partition coefficient (Wildman–Crippen LogP) is 9.22. The number of nitrogens with zero attached hydrogens (tertiary/aromatic N) is 3. The zero-order valence-electron chi connectivity index (χ0n) is 21.1. The van der Waals surface area contributed by atoms with Crippen molar-refractivity contribution in [1.29, 1.82) is 0 Å². The zero-order valence-corrected chi connectivity index (χ0v) is 26.8. The van der Waals surface area contributed by atoms with Crippen molar-refractivity contribution in [3.63, 3.8) is 0 Å². The van der Waals surface area contributed by atoms with Gasteiger partial charge in [-0.05, 0) is 34.4 Å². The van der Waals surface area contributed by atoms with E-state index in [1.54, 1.807) is 10.8 Å². The van der Waals surface area contributed by atoms with E-state index < -0.39 is 8.60 Å². The third-order valence-electron chi connectivity index (χ3n) is 5.30. The molecule has 0 N–H and O–H groups in total. The van der Waals surface area contributed by atoms with Crippen LogP contribution in [0.25, 0.3) is 0 Å². The fourth-order valence-corrected chi connectivity index (χ4v) is 6.00. The van der Waals surface area contributed by atoms with Crippen LogP contribution in [0, 0.1) is 0 Å². The summed E-state index contributed by atoms with van der Waals surface area (Å²) < 4.78 is 24.9. The van der Waals surface area contributed by atoms with Crippen molar-refractivity contribution in [2.75, 3.05) is 0 Å². The van der Waals surface area contributed by atoms with Gasteiger partial charge >= 0.3 is 8.60 Å². The SMILES string of the molecule is CC(C)(C)c1ccn(Br)c1OP(Oc1c(C(C)(C)C)ccn1Br)Oc1c(C(C)(C)C)ccn1Br. The molecule has 0 aliphatic carbocycles. The molecule has 0 aliphatic heterocycles.